The minimum Gasteiger partial charge on any atom is -0.474 e. The van der Waals surface area contributed by atoms with Crippen LogP contribution in [-0.2, 0) is 4.79 Å². The summed E-state index contributed by atoms with van der Waals surface area (Å²) in [6, 6.07) is 9.51. The van der Waals surface area contributed by atoms with Gasteiger partial charge in [0.05, 0.1) is 10.0 Å². The quantitative estimate of drug-likeness (QED) is 0.728. The van der Waals surface area contributed by atoms with Gasteiger partial charge in [-0.15, -0.1) is 0 Å². The predicted molar refractivity (Wildman–Crippen MR) is 95.3 cm³/mol. The zero-order valence-electron chi connectivity index (χ0n) is 11.5. The molecule has 2 aromatic carbocycles. The van der Waals surface area contributed by atoms with Gasteiger partial charge < -0.3 is 15.2 Å². The first-order valence-electron chi connectivity index (χ1n) is 6.24. The van der Waals surface area contributed by atoms with E-state index >= 15 is 0 Å². The van der Waals surface area contributed by atoms with Crippen LogP contribution in [0.3, 0.4) is 0 Å². The summed E-state index contributed by atoms with van der Waals surface area (Å²) in [6.07, 6.45) is -1.07. The average molecular weight is 391 g/mol. The van der Waals surface area contributed by atoms with Gasteiger partial charge in [0.25, 0.3) is 5.91 Å². The number of hydrogen-bond donors (Lipinski definition) is 1. The molecule has 0 saturated heterocycles. The number of amides is 1. The number of rotatable bonds is 6. The molecule has 2 rings (SSSR count). The summed E-state index contributed by atoms with van der Waals surface area (Å²) >= 11 is 22.6. The number of benzene rings is 2. The van der Waals surface area contributed by atoms with Crippen LogP contribution >= 0.6 is 47.0 Å². The van der Waals surface area contributed by atoms with E-state index in [0.717, 1.165) is 5.37 Å². The normalized spacial score (nSPS) is 11.6. The Hall–Kier alpha value is -1.53. The Morgan fingerprint density at radius 3 is 2.43 bits per heavy atom. The van der Waals surface area contributed by atoms with Gasteiger partial charge in [-0.1, -0.05) is 47.0 Å². The second-order valence-corrected chi connectivity index (χ2v) is 5.87. The largest absolute Gasteiger partial charge is 0.474 e. The van der Waals surface area contributed by atoms with Crippen LogP contribution in [0, 0.1) is 0 Å². The molecule has 0 aliphatic rings. The Kier molecular flexibility index (Phi) is 6.07. The third kappa shape index (κ3) is 4.72. The van der Waals surface area contributed by atoms with E-state index in [1.807, 2.05) is 0 Å². The zero-order valence-corrected chi connectivity index (χ0v) is 14.5. The number of thiocarbonyl (C=S) groups is 1. The number of primary amides is 1. The maximum atomic E-state index is 11.2. The molecule has 0 heterocycles. The first-order chi connectivity index (χ1) is 10.9. The van der Waals surface area contributed by atoms with Gasteiger partial charge in [-0.2, -0.15) is 0 Å². The molecule has 2 aromatic rings. The molecule has 4 nitrogen and oxygen atoms in total. The average Bonchev–Trinajstić information content (AvgIpc) is 2.50. The van der Waals surface area contributed by atoms with Crippen molar-refractivity contribution in [2.24, 2.45) is 5.73 Å². The van der Waals surface area contributed by atoms with E-state index in [1.165, 1.54) is 6.07 Å². The molecular weight excluding hydrogens is 381 g/mol. The Labute approximate surface area is 153 Å². The highest BCUT2D eigenvalue weighted by molar-refractivity contribution is 7.79. The smallest absolute Gasteiger partial charge is 0.263 e. The molecule has 23 heavy (non-hydrogen) atoms. The summed E-state index contributed by atoms with van der Waals surface area (Å²) in [5.74, 6) is 0.300. The summed E-state index contributed by atoms with van der Waals surface area (Å²) in [5.41, 5.74) is 5.17. The van der Waals surface area contributed by atoms with Crippen LogP contribution in [0.5, 0.6) is 17.2 Å². The van der Waals surface area contributed by atoms with E-state index in [2.05, 4.69) is 0 Å². The Balaban J connectivity index is 2.26. The fraction of sp³-hybridized carbons (Fsp3) is 0.0667. The van der Waals surface area contributed by atoms with Gasteiger partial charge >= 0.3 is 0 Å². The SMILES string of the molecule is NC(=O)C(C=S)Oc1cc(Oc2ccc(Cl)cc2Cl)ccc1Cl. The summed E-state index contributed by atoms with van der Waals surface area (Å²) in [6.45, 7) is 0. The van der Waals surface area contributed by atoms with Gasteiger partial charge in [-0.05, 0) is 30.3 Å². The molecular formula is C15H10Cl3NO3S. The number of nitrogens with two attached hydrogens (primary N) is 1. The Bertz CT molecular complexity index is 755. The van der Waals surface area contributed by atoms with Crippen LogP contribution < -0.4 is 15.2 Å². The Morgan fingerprint density at radius 1 is 1.09 bits per heavy atom. The van der Waals surface area contributed by atoms with Crippen LogP contribution in [0.1, 0.15) is 0 Å². The molecule has 120 valence electrons. The van der Waals surface area contributed by atoms with Gasteiger partial charge in [-0.3, -0.25) is 4.79 Å². The predicted octanol–water partition coefficient (Wildman–Crippen LogP) is 4.67. The molecule has 0 saturated carbocycles. The molecule has 0 aliphatic heterocycles. The summed E-state index contributed by atoms with van der Waals surface area (Å²) in [7, 11) is 0. The molecule has 0 aromatic heterocycles. The molecule has 8 heteroatoms. The lowest BCUT2D eigenvalue weighted by atomic mass is 10.3. The van der Waals surface area contributed by atoms with Crippen molar-refractivity contribution in [2.75, 3.05) is 0 Å². The maximum Gasteiger partial charge on any atom is 0.263 e. The topological polar surface area (TPSA) is 61.6 Å². The maximum absolute atomic E-state index is 11.2. The van der Waals surface area contributed by atoms with E-state index in [0.29, 0.717) is 21.5 Å². The van der Waals surface area contributed by atoms with E-state index in [9.17, 15) is 4.79 Å². The lowest BCUT2D eigenvalue weighted by Crippen LogP contribution is -2.34. The monoisotopic (exact) mass is 389 g/mol. The Morgan fingerprint density at radius 2 is 1.83 bits per heavy atom. The fourth-order valence-corrected chi connectivity index (χ4v) is 2.41. The van der Waals surface area contributed by atoms with Gasteiger partial charge in [0, 0.05) is 16.5 Å². The van der Waals surface area contributed by atoms with Crippen LogP contribution in [0.25, 0.3) is 0 Å². The van der Waals surface area contributed by atoms with Crippen molar-refractivity contribution in [2.45, 2.75) is 6.10 Å². The molecule has 0 fully saturated rings. The summed E-state index contributed by atoms with van der Waals surface area (Å²) in [4.78, 5) is 11.2. The lowest BCUT2D eigenvalue weighted by Gasteiger charge is -2.14. The third-order valence-corrected chi connectivity index (χ3v) is 3.77. The number of carbonyl (C=O) groups is 1. The number of hydrogen-bond acceptors (Lipinski definition) is 4. The molecule has 0 spiro atoms. The van der Waals surface area contributed by atoms with Crippen molar-refractivity contribution in [3.63, 3.8) is 0 Å². The third-order valence-electron chi connectivity index (χ3n) is 2.68. The fourth-order valence-electron chi connectivity index (χ4n) is 1.61. The summed E-state index contributed by atoms with van der Waals surface area (Å²) < 4.78 is 11.0. The molecule has 0 aliphatic carbocycles. The van der Waals surface area contributed by atoms with Crippen molar-refractivity contribution in [1.82, 2.24) is 0 Å². The number of halogens is 3. The van der Waals surface area contributed by atoms with E-state index in [1.54, 1.807) is 30.3 Å². The molecule has 1 amide bonds. The molecule has 0 radical (unpaired) electrons. The first kappa shape index (κ1) is 17.8. The second kappa shape index (κ2) is 7.84. The van der Waals surface area contributed by atoms with E-state index in [-0.39, 0.29) is 10.8 Å². The van der Waals surface area contributed by atoms with Crippen LogP contribution in [0.15, 0.2) is 36.4 Å². The molecule has 1 atom stereocenters. The van der Waals surface area contributed by atoms with Crippen molar-refractivity contribution in [1.29, 1.82) is 0 Å². The van der Waals surface area contributed by atoms with Crippen molar-refractivity contribution >= 4 is 58.3 Å². The minimum atomic E-state index is -1.07. The summed E-state index contributed by atoms with van der Waals surface area (Å²) in [5, 5.41) is 2.24. The van der Waals surface area contributed by atoms with Crippen molar-refractivity contribution in [3.05, 3.63) is 51.5 Å². The van der Waals surface area contributed by atoms with E-state index < -0.39 is 12.0 Å². The number of ether oxygens (including phenoxy) is 2. The van der Waals surface area contributed by atoms with Gasteiger partial charge in [0.2, 0.25) is 6.10 Å². The molecule has 2 N–H and O–H groups in total. The standard InChI is InChI=1S/C15H10Cl3NO3S/c16-8-1-4-12(11(18)5-8)21-9-2-3-10(17)13(6-9)22-14(7-23)15(19)20/h1-7,14H,(H2,19,20). The van der Waals surface area contributed by atoms with Crippen molar-refractivity contribution in [3.8, 4) is 17.2 Å². The van der Waals surface area contributed by atoms with Crippen LogP contribution in [0.2, 0.25) is 15.1 Å². The van der Waals surface area contributed by atoms with Crippen LogP contribution in [0.4, 0.5) is 0 Å². The van der Waals surface area contributed by atoms with E-state index in [4.69, 9.17) is 62.2 Å². The highest BCUT2D eigenvalue weighted by Gasteiger charge is 2.16. The zero-order chi connectivity index (χ0) is 17.0. The highest BCUT2D eigenvalue weighted by atomic mass is 35.5. The van der Waals surface area contributed by atoms with Crippen LogP contribution in [-0.4, -0.2) is 17.4 Å². The molecule has 1 unspecified atom stereocenters. The van der Waals surface area contributed by atoms with Crippen molar-refractivity contribution < 1.29 is 14.3 Å². The second-order valence-electron chi connectivity index (χ2n) is 4.35. The minimum absolute atomic E-state index is 0.208. The van der Waals surface area contributed by atoms with Gasteiger partial charge in [0.1, 0.15) is 17.2 Å². The van der Waals surface area contributed by atoms with Gasteiger partial charge in [-0.25, -0.2) is 0 Å². The van der Waals surface area contributed by atoms with Gasteiger partial charge in [0.15, 0.2) is 0 Å². The highest BCUT2D eigenvalue weighted by Crippen LogP contribution is 2.35. The number of carbonyl (C=O) groups excluding carboxylic acids is 1. The first-order valence-corrected chi connectivity index (χ1v) is 7.85. The molecule has 0 bridgehead atoms. The lowest BCUT2D eigenvalue weighted by molar-refractivity contribution is -0.121.